The van der Waals surface area contributed by atoms with Gasteiger partial charge >= 0.3 is 0 Å². The molecule has 0 atom stereocenters. The number of carbonyl (C=O) groups is 1. The first-order valence-corrected chi connectivity index (χ1v) is 9.99. The lowest BCUT2D eigenvalue weighted by atomic mass is 10.1. The molecule has 0 saturated heterocycles. The van der Waals surface area contributed by atoms with Crippen molar-refractivity contribution in [3.8, 4) is 23.3 Å². The maximum absolute atomic E-state index is 12.4. The SMILES string of the molecule is CCOc1c(Cl)cc(/C=C/C(=O)Nc2cccc(C#Cc3ccccn3)c2)cc1OC. The van der Waals surface area contributed by atoms with E-state index in [2.05, 4.69) is 22.1 Å². The van der Waals surface area contributed by atoms with Crippen molar-refractivity contribution >= 4 is 29.3 Å². The molecule has 1 amide bonds. The largest absolute Gasteiger partial charge is 0.493 e. The Hall–Kier alpha value is -3.75. The van der Waals surface area contributed by atoms with Crippen LogP contribution in [0.3, 0.4) is 0 Å². The van der Waals surface area contributed by atoms with E-state index < -0.39 is 0 Å². The molecule has 0 radical (unpaired) electrons. The Kier molecular flexibility index (Phi) is 7.69. The molecular formula is C25H21ClN2O3. The number of rotatable bonds is 6. The fourth-order valence-electron chi connectivity index (χ4n) is 2.72. The van der Waals surface area contributed by atoms with Crippen molar-refractivity contribution in [2.24, 2.45) is 0 Å². The number of ether oxygens (including phenoxy) is 2. The number of nitrogens with one attached hydrogen (secondary N) is 1. The molecule has 1 aromatic heterocycles. The highest BCUT2D eigenvalue weighted by atomic mass is 35.5. The van der Waals surface area contributed by atoms with E-state index >= 15 is 0 Å². The molecule has 0 aliphatic heterocycles. The van der Waals surface area contributed by atoms with Gasteiger partial charge in [0.1, 0.15) is 5.69 Å². The van der Waals surface area contributed by atoms with Gasteiger partial charge in [0.25, 0.3) is 0 Å². The van der Waals surface area contributed by atoms with Crippen molar-refractivity contribution in [3.05, 3.63) is 88.7 Å². The molecule has 6 heteroatoms. The molecule has 0 spiro atoms. The average molecular weight is 433 g/mol. The summed E-state index contributed by atoms with van der Waals surface area (Å²) in [7, 11) is 1.54. The van der Waals surface area contributed by atoms with Gasteiger partial charge in [-0.1, -0.05) is 29.7 Å². The topological polar surface area (TPSA) is 60.5 Å². The standard InChI is InChI=1S/C25H21ClN2O3/c1-3-31-25-22(26)16-19(17-23(25)30-2)11-13-24(29)28-21-9-6-7-18(15-21)10-12-20-8-4-5-14-27-20/h4-9,11,13-17H,3H2,1-2H3,(H,28,29)/b13-11+. The normalized spacial score (nSPS) is 10.3. The molecule has 0 bridgehead atoms. The average Bonchev–Trinajstić information content (AvgIpc) is 2.79. The van der Waals surface area contributed by atoms with E-state index in [1.165, 1.54) is 13.2 Å². The number of carbonyl (C=O) groups excluding carboxylic acids is 1. The number of benzene rings is 2. The van der Waals surface area contributed by atoms with Gasteiger partial charge in [-0.15, -0.1) is 0 Å². The van der Waals surface area contributed by atoms with Gasteiger partial charge in [0, 0.05) is 23.5 Å². The molecule has 0 unspecified atom stereocenters. The van der Waals surface area contributed by atoms with Crippen molar-refractivity contribution in [1.29, 1.82) is 0 Å². The number of anilines is 1. The van der Waals surface area contributed by atoms with Crippen LogP contribution in [0.4, 0.5) is 5.69 Å². The predicted octanol–water partition coefficient (Wildman–Crippen LogP) is 5.19. The van der Waals surface area contributed by atoms with E-state index in [1.807, 2.05) is 37.3 Å². The Bertz CT molecular complexity index is 1150. The molecule has 0 saturated carbocycles. The number of nitrogens with zero attached hydrogens (tertiary/aromatic N) is 1. The second kappa shape index (κ2) is 10.9. The quantitative estimate of drug-likeness (QED) is 0.430. The van der Waals surface area contributed by atoms with Crippen molar-refractivity contribution in [2.45, 2.75) is 6.92 Å². The Morgan fingerprint density at radius 2 is 2.03 bits per heavy atom. The van der Waals surface area contributed by atoms with Crippen LogP contribution in [0.15, 0.2) is 66.9 Å². The lowest BCUT2D eigenvalue weighted by Crippen LogP contribution is -2.07. The summed E-state index contributed by atoms with van der Waals surface area (Å²) in [6.45, 7) is 2.34. The monoisotopic (exact) mass is 432 g/mol. The Morgan fingerprint density at radius 1 is 1.16 bits per heavy atom. The van der Waals surface area contributed by atoms with E-state index in [9.17, 15) is 4.79 Å². The Morgan fingerprint density at radius 3 is 2.77 bits per heavy atom. The van der Waals surface area contributed by atoms with Gasteiger partial charge < -0.3 is 14.8 Å². The predicted molar refractivity (Wildman–Crippen MR) is 123 cm³/mol. The van der Waals surface area contributed by atoms with Gasteiger partial charge in [0.15, 0.2) is 11.5 Å². The molecule has 2 aromatic carbocycles. The zero-order chi connectivity index (χ0) is 22.1. The van der Waals surface area contributed by atoms with Crippen LogP contribution in [0.2, 0.25) is 5.02 Å². The van der Waals surface area contributed by atoms with E-state index in [0.717, 1.165) is 11.1 Å². The third-order valence-corrected chi connectivity index (χ3v) is 4.38. The number of aromatic nitrogens is 1. The minimum Gasteiger partial charge on any atom is -0.493 e. The summed E-state index contributed by atoms with van der Waals surface area (Å²) < 4.78 is 10.8. The number of hydrogen-bond acceptors (Lipinski definition) is 4. The molecule has 0 fully saturated rings. The van der Waals surface area contributed by atoms with E-state index in [1.54, 1.807) is 36.5 Å². The third kappa shape index (κ3) is 6.36. The fraction of sp³-hybridized carbons (Fsp3) is 0.120. The molecule has 0 aliphatic rings. The molecule has 1 N–H and O–H groups in total. The number of hydrogen-bond donors (Lipinski definition) is 1. The molecule has 3 aromatic rings. The number of halogens is 1. The lowest BCUT2D eigenvalue weighted by Gasteiger charge is -2.11. The summed E-state index contributed by atoms with van der Waals surface area (Å²) in [4.78, 5) is 16.5. The first-order chi connectivity index (χ1) is 15.1. The first-order valence-electron chi connectivity index (χ1n) is 9.61. The first kappa shape index (κ1) is 21.9. The molecule has 31 heavy (non-hydrogen) atoms. The zero-order valence-electron chi connectivity index (χ0n) is 17.2. The smallest absolute Gasteiger partial charge is 0.248 e. The molecule has 5 nitrogen and oxygen atoms in total. The molecule has 156 valence electrons. The Labute approximate surface area is 186 Å². The maximum Gasteiger partial charge on any atom is 0.248 e. The molecule has 1 heterocycles. The summed E-state index contributed by atoms with van der Waals surface area (Å²) in [6.07, 6.45) is 4.78. The summed E-state index contributed by atoms with van der Waals surface area (Å²) in [5.74, 6) is 6.75. The highest BCUT2D eigenvalue weighted by molar-refractivity contribution is 6.32. The van der Waals surface area contributed by atoms with Crippen molar-refractivity contribution in [2.75, 3.05) is 19.0 Å². The minimum atomic E-state index is -0.279. The number of pyridine rings is 1. The molecule has 3 rings (SSSR count). The van der Waals surface area contributed by atoms with Crippen molar-refractivity contribution in [3.63, 3.8) is 0 Å². The van der Waals surface area contributed by atoms with Crippen LogP contribution in [-0.2, 0) is 4.79 Å². The highest BCUT2D eigenvalue weighted by Gasteiger charge is 2.10. The second-order valence-electron chi connectivity index (χ2n) is 6.34. The van der Waals surface area contributed by atoms with Gasteiger partial charge in [-0.2, -0.15) is 0 Å². The van der Waals surface area contributed by atoms with Crippen molar-refractivity contribution < 1.29 is 14.3 Å². The van der Waals surface area contributed by atoms with Crippen LogP contribution >= 0.6 is 11.6 Å². The van der Waals surface area contributed by atoms with Crippen LogP contribution in [0.25, 0.3) is 6.08 Å². The Balaban J connectivity index is 1.69. The highest BCUT2D eigenvalue weighted by Crippen LogP contribution is 2.36. The van der Waals surface area contributed by atoms with Gasteiger partial charge in [0.05, 0.1) is 18.7 Å². The van der Waals surface area contributed by atoms with Crippen molar-refractivity contribution in [1.82, 2.24) is 4.98 Å². The van der Waals surface area contributed by atoms with E-state index in [0.29, 0.717) is 34.5 Å². The molecular weight excluding hydrogens is 412 g/mol. The van der Waals surface area contributed by atoms with Crippen LogP contribution in [0.5, 0.6) is 11.5 Å². The van der Waals surface area contributed by atoms with Crippen LogP contribution in [0, 0.1) is 11.8 Å². The fourth-order valence-corrected chi connectivity index (χ4v) is 3.00. The van der Waals surface area contributed by atoms with Crippen LogP contribution in [-0.4, -0.2) is 24.6 Å². The maximum atomic E-state index is 12.4. The van der Waals surface area contributed by atoms with E-state index in [4.69, 9.17) is 21.1 Å². The summed E-state index contributed by atoms with van der Waals surface area (Å²) >= 11 is 6.27. The summed E-state index contributed by atoms with van der Waals surface area (Å²) in [5, 5.41) is 3.24. The van der Waals surface area contributed by atoms with Gasteiger partial charge in [-0.25, -0.2) is 4.98 Å². The summed E-state index contributed by atoms with van der Waals surface area (Å²) in [6, 6.07) is 16.3. The second-order valence-corrected chi connectivity index (χ2v) is 6.74. The van der Waals surface area contributed by atoms with Crippen LogP contribution in [0.1, 0.15) is 23.7 Å². The molecule has 0 aliphatic carbocycles. The van der Waals surface area contributed by atoms with Gasteiger partial charge in [-0.05, 0) is 66.9 Å². The van der Waals surface area contributed by atoms with E-state index in [-0.39, 0.29) is 5.91 Å². The minimum absolute atomic E-state index is 0.279. The lowest BCUT2D eigenvalue weighted by molar-refractivity contribution is -0.111. The summed E-state index contributed by atoms with van der Waals surface area (Å²) in [5.41, 5.74) is 2.82. The number of methoxy groups -OCH3 is 1. The third-order valence-electron chi connectivity index (χ3n) is 4.10. The van der Waals surface area contributed by atoms with Gasteiger partial charge in [-0.3, -0.25) is 4.79 Å². The van der Waals surface area contributed by atoms with Crippen LogP contribution < -0.4 is 14.8 Å². The zero-order valence-corrected chi connectivity index (χ0v) is 17.9. The number of amides is 1. The van der Waals surface area contributed by atoms with Gasteiger partial charge in [0.2, 0.25) is 5.91 Å².